The minimum atomic E-state index is -3.20. The number of fused-ring (bicyclic) bond motifs is 1. The molecule has 0 bridgehead atoms. The first-order valence-electron chi connectivity index (χ1n) is 12.1. The van der Waals surface area contributed by atoms with Gasteiger partial charge in [-0.1, -0.05) is 11.6 Å². The highest BCUT2D eigenvalue weighted by molar-refractivity contribution is 8.01. The molecule has 4 aromatic rings. The number of hydrogen-bond donors (Lipinski definition) is 2. The van der Waals surface area contributed by atoms with Crippen LogP contribution in [-0.4, -0.2) is 51.5 Å². The second-order valence-electron chi connectivity index (χ2n) is 9.10. The highest BCUT2D eigenvalue weighted by Crippen LogP contribution is 2.37. The number of anilines is 2. The molecule has 1 saturated heterocycles. The number of nitrogens with one attached hydrogen (secondary N) is 1. The molecule has 0 spiro atoms. The zero-order valence-corrected chi connectivity index (χ0v) is 22.9. The smallest absolute Gasteiger partial charge is 0.238 e. The molecule has 9 nitrogen and oxygen atoms in total. The molecule has 1 aliphatic rings. The van der Waals surface area contributed by atoms with Gasteiger partial charge in [-0.2, -0.15) is 0 Å². The van der Waals surface area contributed by atoms with E-state index in [4.69, 9.17) is 31.5 Å². The molecule has 3 N–H and O–H groups in total. The van der Waals surface area contributed by atoms with E-state index < -0.39 is 15.5 Å². The van der Waals surface area contributed by atoms with Crippen LogP contribution in [0, 0.1) is 12.7 Å². The lowest BCUT2D eigenvalue weighted by Gasteiger charge is -2.24. The zero-order chi connectivity index (χ0) is 27.7. The van der Waals surface area contributed by atoms with Crippen LogP contribution >= 0.6 is 11.6 Å². The van der Waals surface area contributed by atoms with Crippen molar-refractivity contribution in [2.45, 2.75) is 30.8 Å². The van der Waals surface area contributed by atoms with Gasteiger partial charge in [-0.25, -0.2) is 23.6 Å². The molecule has 0 radical (unpaired) electrons. The Morgan fingerprint density at radius 2 is 1.95 bits per heavy atom. The van der Waals surface area contributed by atoms with E-state index in [1.165, 1.54) is 19.2 Å². The third-order valence-corrected chi connectivity index (χ3v) is 8.38. The molecule has 0 saturated carbocycles. The Morgan fingerprint density at radius 3 is 2.67 bits per heavy atom. The second-order valence-corrected chi connectivity index (χ2v) is 11.5. The van der Waals surface area contributed by atoms with Crippen LogP contribution in [0.4, 0.5) is 16.0 Å². The SMILES string of the molecule is C=S(=O)(Nc1cc(-c2cc(OC3CCOCC3)c3nc(N)nc(C)c3c2)cnc1OC)c1ccc(F)cc1Cl. The van der Waals surface area contributed by atoms with E-state index in [2.05, 4.69) is 25.5 Å². The molecule has 0 amide bonds. The monoisotopic (exact) mass is 571 g/mol. The summed E-state index contributed by atoms with van der Waals surface area (Å²) >= 11 is 6.17. The predicted molar refractivity (Wildman–Crippen MR) is 152 cm³/mol. The number of rotatable bonds is 7. The Morgan fingerprint density at radius 1 is 1.18 bits per heavy atom. The average Bonchev–Trinajstić information content (AvgIpc) is 2.89. The Labute approximate surface area is 230 Å². The van der Waals surface area contributed by atoms with E-state index in [0.717, 1.165) is 29.9 Å². The maximum absolute atomic E-state index is 13.6. The first-order valence-corrected chi connectivity index (χ1v) is 14.2. The summed E-state index contributed by atoms with van der Waals surface area (Å²) in [7, 11) is -1.76. The molecule has 1 aliphatic heterocycles. The quantitative estimate of drug-likeness (QED) is 0.296. The van der Waals surface area contributed by atoms with Gasteiger partial charge in [-0.05, 0) is 54.8 Å². The minimum Gasteiger partial charge on any atom is -0.488 e. The maximum atomic E-state index is 13.6. The van der Waals surface area contributed by atoms with Crippen molar-refractivity contribution in [3.63, 3.8) is 0 Å². The van der Waals surface area contributed by atoms with Crippen LogP contribution < -0.4 is 19.9 Å². The van der Waals surface area contributed by atoms with Crippen molar-refractivity contribution in [3.8, 4) is 22.8 Å². The number of nitrogens with zero attached hydrogens (tertiary/aromatic N) is 3. The van der Waals surface area contributed by atoms with Gasteiger partial charge in [-0.3, -0.25) is 0 Å². The van der Waals surface area contributed by atoms with Crippen molar-refractivity contribution in [1.82, 2.24) is 15.0 Å². The number of nitrogens with two attached hydrogens (primary N) is 1. The van der Waals surface area contributed by atoms with Crippen molar-refractivity contribution in [2.24, 2.45) is 0 Å². The maximum Gasteiger partial charge on any atom is 0.238 e. The van der Waals surface area contributed by atoms with Gasteiger partial charge < -0.3 is 24.7 Å². The predicted octanol–water partition coefficient (Wildman–Crippen LogP) is 5.04. The Kier molecular flexibility index (Phi) is 7.48. The number of benzene rings is 2. The topological polar surface area (TPSA) is 121 Å². The number of hydrogen-bond acceptors (Lipinski definition) is 8. The number of methoxy groups -OCH3 is 1. The molecule has 2 aromatic carbocycles. The molecule has 12 heteroatoms. The highest BCUT2D eigenvalue weighted by atomic mass is 35.5. The largest absolute Gasteiger partial charge is 0.488 e. The summed E-state index contributed by atoms with van der Waals surface area (Å²) in [6, 6.07) is 9.12. The fourth-order valence-electron chi connectivity index (χ4n) is 4.42. The average molecular weight is 572 g/mol. The number of aromatic nitrogens is 3. The fourth-order valence-corrected chi connectivity index (χ4v) is 6.24. The second kappa shape index (κ2) is 10.8. The summed E-state index contributed by atoms with van der Waals surface area (Å²) in [5.41, 5.74) is 9.02. The van der Waals surface area contributed by atoms with E-state index in [9.17, 15) is 8.60 Å². The highest BCUT2D eigenvalue weighted by Gasteiger charge is 2.21. The Hall–Kier alpha value is -3.67. The fraction of sp³-hybridized carbons (Fsp3) is 0.259. The van der Waals surface area contributed by atoms with Crippen molar-refractivity contribution in [1.29, 1.82) is 0 Å². The van der Waals surface area contributed by atoms with Crippen LogP contribution in [0.5, 0.6) is 11.6 Å². The van der Waals surface area contributed by atoms with E-state index in [1.54, 1.807) is 12.3 Å². The molecule has 1 unspecified atom stereocenters. The standard InChI is InChI=1S/C27H27ClFN5O4S/c1-15-20-10-16(12-23(25(20)33-27(30)32-15)38-19-6-8-37-9-7-19)17-11-22(26(36-2)31-14-17)34-39(3,35)24-5-4-18(29)13-21(24)28/h4-5,10-14,19H,3,6-9H2,1-2H3,(H,34,35)(H2,30,32,33). The van der Waals surface area contributed by atoms with Crippen molar-refractivity contribution >= 4 is 49.7 Å². The van der Waals surface area contributed by atoms with Gasteiger partial charge in [0.05, 0.1) is 45.6 Å². The van der Waals surface area contributed by atoms with E-state index in [1.807, 2.05) is 19.1 Å². The summed E-state index contributed by atoms with van der Waals surface area (Å²) in [5.74, 6) is 4.19. The molecular weight excluding hydrogens is 545 g/mol. The van der Waals surface area contributed by atoms with Crippen LogP contribution in [0.3, 0.4) is 0 Å². The molecule has 0 aliphatic carbocycles. The molecule has 1 fully saturated rings. The lowest BCUT2D eigenvalue weighted by Crippen LogP contribution is -2.26. The van der Waals surface area contributed by atoms with Gasteiger partial charge in [0.25, 0.3) is 0 Å². The summed E-state index contributed by atoms with van der Waals surface area (Å²) in [5, 5.41) is 0.762. The van der Waals surface area contributed by atoms with E-state index in [0.29, 0.717) is 41.4 Å². The van der Waals surface area contributed by atoms with Crippen molar-refractivity contribution < 1.29 is 22.8 Å². The molecule has 3 heterocycles. The Bertz CT molecular complexity index is 1660. The first kappa shape index (κ1) is 26.9. The number of nitrogen functional groups attached to an aromatic ring is 1. The van der Waals surface area contributed by atoms with E-state index >= 15 is 0 Å². The summed E-state index contributed by atoms with van der Waals surface area (Å²) in [6.45, 7) is 3.10. The van der Waals surface area contributed by atoms with Gasteiger partial charge in [0.15, 0.2) is 0 Å². The number of aryl methyl sites for hydroxylation is 1. The Balaban J connectivity index is 1.59. The lowest BCUT2D eigenvalue weighted by molar-refractivity contribution is 0.0261. The number of ether oxygens (including phenoxy) is 3. The van der Waals surface area contributed by atoms with Crippen LogP contribution in [0.15, 0.2) is 47.5 Å². The lowest BCUT2D eigenvalue weighted by atomic mass is 10.0. The van der Waals surface area contributed by atoms with Gasteiger partial charge >= 0.3 is 0 Å². The van der Waals surface area contributed by atoms with Crippen LogP contribution in [0.2, 0.25) is 5.02 Å². The molecular formula is C27H27ClFN5O4S. The van der Waals surface area contributed by atoms with Gasteiger partial charge in [-0.15, -0.1) is 0 Å². The van der Waals surface area contributed by atoms with Gasteiger partial charge in [0.2, 0.25) is 11.8 Å². The summed E-state index contributed by atoms with van der Waals surface area (Å²) in [6.07, 6.45) is 3.11. The summed E-state index contributed by atoms with van der Waals surface area (Å²) < 4.78 is 47.3. The number of pyridine rings is 1. The van der Waals surface area contributed by atoms with Crippen molar-refractivity contribution in [3.05, 3.63) is 59.1 Å². The summed E-state index contributed by atoms with van der Waals surface area (Å²) in [4.78, 5) is 13.3. The third kappa shape index (κ3) is 5.70. The molecule has 204 valence electrons. The molecule has 1 atom stereocenters. The first-order chi connectivity index (χ1) is 18.6. The minimum absolute atomic E-state index is 0.00948. The zero-order valence-electron chi connectivity index (χ0n) is 21.4. The van der Waals surface area contributed by atoms with Gasteiger partial charge in [0, 0.05) is 30.0 Å². The number of halogens is 2. The van der Waals surface area contributed by atoms with Crippen LogP contribution in [0.25, 0.3) is 22.0 Å². The third-order valence-electron chi connectivity index (χ3n) is 6.34. The van der Waals surface area contributed by atoms with Crippen LogP contribution in [-0.2, 0) is 14.4 Å². The van der Waals surface area contributed by atoms with Crippen LogP contribution in [0.1, 0.15) is 18.5 Å². The van der Waals surface area contributed by atoms with E-state index in [-0.39, 0.29) is 27.9 Å². The van der Waals surface area contributed by atoms with Crippen molar-refractivity contribution in [2.75, 3.05) is 30.8 Å². The molecule has 5 rings (SSSR count). The van der Waals surface area contributed by atoms with Gasteiger partial charge in [0.1, 0.15) is 28.9 Å². The molecule has 39 heavy (non-hydrogen) atoms. The molecule has 2 aromatic heterocycles. The normalized spacial score (nSPS) is 15.6.